The lowest BCUT2D eigenvalue weighted by atomic mass is 10.1. The molecule has 8 heteroatoms. The van der Waals surface area contributed by atoms with Crippen LogP contribution in [0.5, 0.6) is 0 Å². The highest BCUT2D eigenvalue weighted by atomic mass is 35.5. The first kappa shape index (κ1) is 21.9. The fourth-order valence-electron chi connectivity index (χ4n) is 2.87. The third-order valence-electron chi connectivity index (χ3n) is 4.11. The zero-order chi connectivity index (χ0) is 20.2. The Balaban J connectivity index is 2.34. The number of amides is 2. The lowest BCUT2D eigenvalue weighted by molar-refractivity contribution is -0.136. The van der Waals surface area contributed by atoms with E-state index in [0.717, 1.165) is 5.56 Å². The molecule has 0 spiro atoms. The van der Waals surface area contributed by atoms with Crippen LogP contribution >= 0.6 is 23.4 Å². The van der Waals surface area contributed by atoms with E-state index in [4.69, 9.17) is 16.3 Å². The Morgan fingerprint density at radius 2 is 1.96 bits per heavy atom. The van der Waals surface area contributed by atoms with Crippen LogP contribution in [0.15, 0.2) is 24.3 Å². The Bertz CT molecular complexity index is 663. The van der Waals surface area contributed by atoms with Crippen molar-refractivity contribution in [3.63, 3.8) is 0 Å². The number of thioether (sulfide) groups is 1. The zero-order valence-corrected chi connectivity index (χ0v) is 17.7. The van der Waals surface area contributed by atoms with Crippen molar-refractivity contribution in [3.8, 4) is 0 Å². The monoisotopic (exact) mass is 414 g/mol. The Kier molecular flexibility index (Phi) is 7.42. The summed E-state index contributed by atoms with van der Waals surface area (Å²) in [5.74, 6) is 0.286. The van der Waals surface area contributed by atoms with E-state index in [0.29, 0.717) is 17.3 Å². The molecular weight excluding hydrogens is 388 g/mol. The molecule has 0 radical (unpaired) electrons. The maximum Gasteiger partial charge on any atom is 0.412 e. The van der Waals surface area contributed by atoms with Gasteiger partial charge in [0.25, 0.3) is 0 Å². The molecule has 6 nitrogen and oxygen atoms in total. The molecule has 1 N–H and O–H groups in total. The first-order chi connectivity index (χ1) is 12.7. The summed E-state index contributed by atoms with van der Waals surface area (Å²) in [4.78, 5) is 29.0. The molecule has 2 rings (SSSR count). The van der Waals surface area contributed by atoms with Crippen molar-refractivity contribution in [1.29, 1.82) is 0 Å². The number of rotatable bonds is 5. The molecule has 1 heterocycles. The molecule has 2 atom stereocenters. The maximum atomic E-state index is 13.0. The van der Waals surface area contributed by atoms with Crippen molar-refractivity contribution in [2.75, 3.05) is 25.4 Å². The molecule has 1 aromatic rings. The van der Waals surface area contributed by atoms with Crippen molar-refractivity contribution < 1.29 is 19.4 Å². The number of ether oxygens (including phenoxy) is 1. The van der Waals surface area contributed by atoms with Gasteiger partial charge in [0.2, 0.25) is 5.91 Å². The second-order valence-electron chi connectivity index (χ2n) is 7.28. The molecule has 0 saturated carbocycles. The van der Waals surface area contributed by atoms with Gasteiger partial charge in [-0.3, -0.25) is 9.69 Å². The summed E-state index contributed by atoms with van der Waals surface area (Å²) >= 11 is 7.50. The van der Waals surface area contributed by atoms with Gasteiger partial charge < -0.3 is 14.7 Å². The van der Waals surface area contributed by atoms with Crippen molar-refractivity contribution in [2.45, 2.75) is 44.7 Å². The Labute approximate surface area is 169 Å². The lowest BCUT2D eigenvalue weighted by Crippen LogP contribution is -2.51. The van der Waals surface area contributed by atoms with E-state index in [9.17, 15) is 14.7 Å². The molecular formula is C19H27ClN2O4S. The molecule has 150 valence electrons. The van der Waals surface area contributed by atoms with Crippen LogP contribution in [0.2, 0.25) is 5.02 Å². The minimum Gasteiger partial charge on any atom is -0.444 e. The lowest BCUT2D eigenvalue weighted by Gasteiger charge is -2.33. The molecule has 2 unspecified atom stereocenters. The van der Waals surface area contributed by atoms with Gasteiger partial charge in [-0.1, -0.05) is 23.7 Å². The predicted octanol–water partition coefficient (Wildman–Crippen LogP) is 3.53. The van der Waals surface area contributed by atoms with Crippen LogP contribution in [-0.2, 0) is 9.53 Å². The second-order valence-corrected chi connectivity index (χ2v) is 8.83. The van der Waals surface area contributed by atoms with Gasteiger partial charge in [0.1, 0.15) is 17.0 Å². The number of aliphatic hydroxyl groups excluding tert-OH is 1. The normalized spacial score (nSPS) is 19.9. The topological polar surface area (TPSA) is 70.1 Å². The van der Waals surface area contributed by atoms with E-state index in [1.165, 1.54) is 16.7 Å². The zero-order valence-electron chi connectivity index (χ0n) is 16.1. The highest BCUT2D eigenvalue weighted by Gasteiger charge is 2.45. The van der Waals surface area contributed by atoms with Gasteiger partial charge in [-0.15, -0.1) is 11.8 Å². The SMILES string of the molecule is CCN(CCO)C(=O)C1CSC(c2ccc(Cl)cc2)N1C(=O)OC(C)(C)C. The van der Waals surface area contributed by atoms with Crippen molar-refractivity contribution in [2.24, 2.45) is 0 Å². The fourth-order valence-corrected chi connectivity index (χ4v) is 4.41. The standard InChI is InChI=1S/C19H27ClN2O4S/c1-5-21(10-11-23)16(24)15-12-27-17(13-6-8-14(20)9-7-13)22(15)18(25)26-19(2,3)4/h6-9,15,17,23H,5,10-12H2,1-4H3. The fraction of sp³-hybridized carbons (Fsp3) is 0.579. The van der Waals surface area contributed by atoms with Crippen molar-refractivity contribution in [3.05, 3.63) is 34.9 Å². The number of hydrogen-bond donors (Lipinski definition) is 1. The van der Waals surface area contributed by atoms with Crippen LogP contribution in [0.25, 0.3) is 0 Å². The van der Waals surface area contributed by atoms with E-state index < -0.39 is 17.7 Å². The Hall–Kier alpha value is -1.44. The first-order valence-electron chi connectivity index (χ1n) is 8.96. The van der Waals surface area contributed by atoms with Gasteiger partial charge in [-0.25, -0.2) is 4.79 Å². The van der Waals surface area contributed by atoms with E-state index in [1.54, 1.807) is 37.8 Å². The summed E-state index contributed by atoms with van der Waals surface area (Å²) in [7, 11) is 0. The largest absolute Gasteiger partial charge is 0.444 e. The van der Waals surface area contributed by atoms with Crippen LogP contribution in [0.4, 0.5) is 4.79 Å². The van der Waals surface area contributed by atoms with Crippen LogP contribution in [0, 0.1) is 0 Å². The minimum absolute atomic E-state index is 0.119. The summed E-state index contributed by atoms with van der Waals surface area (Å²) in [6, 6.07) is 6.61. The quantitative estimate of drug-likeness (QED) is 0.798. The number of likely N-dealkylation sites (N-methyl/N-ethyl adjacent to an activating group) is 1. The maximum absolute atomic E-state index is 13.0. The highest BCUT2D eigenvalue weighted by molar-refractivity contribution is 7.99. The molecule has 1 aliphatic rings. The van der Waals surface area contributed by atoms with Crippen LogP contribution in [0.1, 0.15) is 38.6 Å². The molecule has 2 amide bonds. The predicted molar refractivity (Wildman–Crippen MR) is 108 cm³/mol. The minimum atomic E-state index is -0.669. The summed E-state index contributed by atoms with van der Waals surface area (Å²) in [6.45, 7) is 7.83. The number of benzene rings is 1. The summed E-state index contributed by atoms with van der Waals surface area (Å²) in [5.41, 5.74) is 0.216. The molecule has 0 aliphatic carbocycles. The summed E-state index contributed by atoms with van der Waals surface area (Å²) in [5, 5.41) is 9.50. The van der Waals surface area contributed by atoms with Crippen molar-refractivity contribution >= 4 is 35.4 Å². The van der Waals surface area contributed by atoms with Gasteiger partial charge in [0, 0.05) is 23.9 Å². The van der Waals surface area contributed by atoms with Crippen LogP contribution in [0.3, 0.4) is 0 Å². The number of hydrogen-bond acceptors (Lipinski definition) is 5. The molecule has 1 aromatic carbocycles. The molecule has 1 saturated heterocycles. The summed E-state index contributed by atoms with van der Waals surface area (Å²) < 4.78 is 5.58. The van der Waals surface area contributed by atoms with Gasteiger partial charge >= 0.3 is 6.09 Å². The molecule has 0 aromatic heterocycles. The smallest absolute Gasteiger partial charge is 0.412 e. The number of halogens is 1. The van der Waals surface area contributed by atoms with E-state index in [1.807, 2.05) is 19.1 Å². The number of carbonyl (C=O) groups is 2. The van der Waals surface area contributed by atoms with Gasteiger partial charge in [-0.2, -0.15) is 0 Å². The molecule has 27 heavy (non-hydrogen) atoms. The van der Waals surface area contributed by atoms with Gasteiger partial charge in [-0.05, 0) is 45.4 Å². The Morgan fingerprint density at radius 1 is 1.33 bits per heavy atom. The molecule has 0 bridgehead atoms. The second kappa shape index (κ2) is 9.17. The number of carbonyl (C=O) groups excluding carboxylic acids is 2. The Morgan fingerprint density at radius 3 is 2.48 bits per heavy atom. The molecule has 1 aliphatic heterocycles. The third-order valence-corrected chi connectivity index (χ3v) is 5.68. The van der Waals surface area contributed by atoms with E-state index in [-0.39, 0.29) is 24.4 Å². The molecule has 1 fully saturated rings. The highest BCUT2D eigenvalue weighted by Crippen LogP contribution is 2.42. The average Bonchev–Trinajstić information content (AvgIpc) is 3.03. The average molecular weight is 415 g/mol. The first-order valence-corrected chi connectivity index (χ1v) is 10.4. The van der Waals surface area contributed by atoms with Crippen LogP contribution < -0.4 is 0 Å². The van der Waals surface area contributed by atoms with Crippen LogP contribution in [-0.4, -0.2) is 64.0 Å². The van der Waals surface area contributed by atoms with Gasteiger partial charge in [0.05, 0.1) is 6.61 Å². The van der Waals surface area contributed by atoms with E-state index in [2.05, 4.69) is 0 Å². The van der Waals surface area contributed by atoms with Gasteiger partial charge in [0.15, 0.2) is 0 Å². The third kappa shape index (κ3) is 5.53. The summed E-state index contributed by atoms with van der Waals surface area (Å²) in [6.07, 6.45) is -0.522. The van der Waals surface area contributed by atoms with E-state index >= 15 is 0 Å². The number of nitrogens with zero attached hydrogens (tertiary/aromatic N) is 2. The van der Waals surface area contributed by atoms with Crippen molar-refractivity contribution in [1.82, 2.24) is 9.80 Å². The number of aliphatic hydroxyl groups is 1.